The minimum absolute atomic E-state index is 0.197. The van der Waals surface area contributed by atoms with Crippen LogP contribution in [0.5, 0.6) is 0 Å². The summed E-state index contributed by atoms with van der Waals surface area (Å²) in [5.74, 6) is 0.437. The number of hydrogen-bond donors (Lipinski definition) is 0. The maximum absolute atomic E-state index is 12.4. The minimum atomic E-state index is -0.340. The van der Waals surface area contributed by atoms with Crippen LogP contribution in [-0.2, 0) is 4.79 Å². The first-order chi connectivity index (χ1) is 9.29. The summed E-state index contributed by atoms with van der Waals surface area (Å²) in [7, 11) is 0. The number of piperidine rings is 1. The summed E-state index contributed by atoms with van der Waals surface area (Å²) >= 11 is 11.9. The summed E-state index contributed by atoms with van der Waals surface area (Å²) in [5, 5.41) is 0.803. The van der Waals surface area contributed by atoms with Crippen LogP contribution in [-0.4, -0.2) is 28.9 Å². The first-order valence-corrected chi connectivity index (χ1v) is 7.66. The topological polar surface area (TPSA) is 33.2 Å². The van der Waals surface area contributed by atoms with Crippen molar-refractivity contribution in [3.8, 4) is 0 Å². The van der Waals surface area contributed by atoms with Crippen molar-refractivity contribution in [1.29, 1.82) is 0 Å². The molecule has 0 saturated carbocycles. The summed E-state index contributed by atoms with van der Waals surface area (Å²) in [6.07, 6.45) is 2.02. The number of carbonyl (C=O) groups excluding carboxylic acids is 1. The van der Waals surface area contributed by atoms with Crippen molar-refractivity contribution < 1.29 is 4.79 Å². The van der Waals surface area contributed by atoms with Crippen LogP contribution in [0.15, 0.2) is 12.1 Å². The zero-order chi connectivity index (χ0) is 14.9. The van der Waals surface area contributed by atoms with E-state index in [-0.39, 0.29) is 17.2 Å². The Morgan fingerprint density at radius 1 is 1.35 bits per heavy atom. The van der Waals surface area contributed by atoms with Crippen LogP contribution < -0.4 is 0 Å². The van der Waals surface area contributed by atoms with Gasteiger partial charge in [-0.25, -0.2) is 4.98 Å². The van der Waals surface area contributed by atoms with Gasteiger partial charge in [0.05, 0.1) is 5.02 Å². The van der Waals surface area contributed by atoms with Crippen molar-refractivity contribution in [3.05, 3.63) is 28.0 Å². The lowest BCUT2D eigenvalue weighted by atomic mass is 9.90. The minimum Gasteiger partial charge on any atom is -0.342 e. The van der Waals surface area contributed by atoms with Gasteiger partial charge < -0.3 is 4.90 Å². The van der Waals surface area contributed by atoms with Crippen LogP contribution in [0.25, 0.3) is 0 Å². The highest BCUT2D eigenvalue weighted by molar-refractivity contribution is 6.41. The summed E-state index contributed by atoms with van der Waals surface area (Å²) in [6.45, 7) is 7.40. The molecule has 20 heavy (non-hydrogen) atoms. The Hall–Kier alpha value is -0.800. The number of aromatic nitrogens is 1. The lowest BCUT2D eigenvalue weighted by Crippen LogP contribution is -2.44. The molecule has 0 N–H and O–H groups in total. The van der Waals surface area contributed by atoms with Crippen LogP contribution in [0.3, 0.4) is 0 Å². The van der Waals surface area contributed by atoms with Gasteiger partial charge in [0.25, 0.3) is 0 Å². The van der Waals surface area contributed by atoms with Gasteiger partial charge in [-0.2, -0.15) is 0 Å². The van der Waals surface area contributed by atoms with Crippen molar-refractivity contribution >= 4 is 29.1 Å². The first kappa shape index (κ1) is 15.6. The normalized spacial score (nSPS) is 20.1. The molecule has 3 nitrogen and oxygen atoms in total. The van der Waals surface area contributed by atoms with Crippen molar-refractivity contribution in [2.45, 2.75) is 39.5 Å². The molecule has 1 atom stereocenters. The van der Waals surface area contributed by atoms with Gasteiger partial charge in [-0.05, 0) is 25.0 Å². The molecule has 110 valence electrons. The Kier molecular flexibility index (Phi) is 4.60. The van der Waals surface area contributed by atoms with E-state index in [4.69, 9.17) is 23.2 Å². The molecule has 0 radical (unpaired) electrons. The third kappa shape index (κ3) is 3.44. The zero-order valence-electron chi connectivity index (χ0n) is 12.1. The quantitative estimate of drug-likeness (QED) is 0.730. The van der Waals surface area contributed by atoms with E-state index in [1.165, 1.54) is 0 Å². The van der Waals surface area contributed by atoms with Crippen LogP contribution in [0.1, 0.15) is 45.2 Å². The molecule has 2 heterocycles. The molecule has 1 saturated heterocycles. The molecule has 2 rings (SSSR count). The molecule has 1 aromatic rings. The highest BCUT2D eigenvalue weighted by atomic mass is 35.5. The van der Waals surface area contributed by atoms with E-state index in [1.54, 1.807) is 6.07 Å². The van der Waals surface area contributed by atoms with E-state index >= 15 is 0 Å². The highest BCUT2D eigenvalue weighted by Crippen LogP contribution is 2.30. The lowest BCUT2D eigenvalue weighted by molar-refractivity contribution is -0.140. The molecule has 0 spiro atoms. The van der Waals surface area contributed by atoms with Crippen molar-refractivity contribution in [3.63, 3.8) is 0 Å². The van der Waals surface area contributed by atoms with E-state index < -0.39 is 0 Å². The Bertz CT molecular complexity index is 511. The molecule has 1 aromatic heterocycles. The predicted octanol–water partition coefficient (Wildman–Crippen LogP) is 4.14. The predicted molar refractivity (Wildman–Crippen MR) is 82.3 cm³/mol. The molecule has 5 heteroatoms. The summed E-state index contributed by atoms with van der Waals surface area (Å²) in [6, 6.07) is 3.68. The molecule has 0 bridgehead atoms. The van der Waals surface area contributed by atoms with E-state index in [0.717, 1.165) is 25.1 Å². The van der Waals surface area contributed by atoms with Gasteiger partial charge in [-0.3, -0.25) is 4.79 Å². The van der Waals surface area contributed by atoms with Gasteiger partial charge in [-0.1, -0.05) is 44.0 Å². The van der Waals surface area contributed by atoms with Gasteiger partial charge >= 0.3 is 0 Å². The van der Waals surface area contributed by atoms with Gasteiger partial charge in [0.2, 0.25) is 5.91 Å². The number of halogens is 2. The van der Waals surface area contributed by atoms with Crippen LogP contribution >= 0.6 is 23.2 Å². The number of likely N-dealkylation sites (tertiary alicyclic amines) is 1. The van der Waals surface area contributed by atoms with Crippen LogP contribution in [0.2, 0.25) is 10.2 Å². The van der Waals surface area contributed by atoms with E-state index in [1.807, 2.05) is 31.7 Å². The standard InChI is InChI=1S/C15H20Cl2N2O/c1-15(2,3)14(20)19-8-4-5-10(9-19)12-7-6-11(16)13(17)18-12/h6-7,10H,4-5,8-9H2,1-3H3. The third-order valence-corrected chi connectivity index (χ3v) is 4.28. The van der Waals surface area contributed by atoms with E-state index in [0.29, 0.717) is 16.7 Å². The highest BCUT2D eigenvalue weighted by Gasteiger charge is 2.31. The Morgan fingerprint density at radius 3 is 2.65 bits per heavy atom. The number of carbonyl (C=O) groups is 1. The molecule has 1 aliphatic rings. The smallest absolute Gasteiger partial charge is 0.227 e. The Labute approximate surface area is 130 Å². The molecule has 0 aliphatic carbocycles. The summed E-state index contributed by atoms with van der Waals surface area (Å²) in [4.78, 5) is 18.7. The fourth-order valence-corrected chi connectivity index (χ4v) is 2.80. The molecule has 1 fully saturated rings. The number of rotatable bonds is 1. The summed E-state index contributed by atoms with van der Waals surface area (Å²) < 4.78 is 0. The van der Waals surface area contributed by atoms with E-state index in [2.05, 4.69) is 4.98 Å². The SMILES string of the molecule is CC(C)(C)C(=O)N1CCCC(c2ccc(Cl)c(Cl)n2)C1. The fraction of sp³-hybridized carbons (Fsp3) is 0.600. The van der Waals surface area contributed by atoms with Gasteiger partial charge in [0.15, 0.2) is 0 Å². The fourth-order valence-electron chi connectivity index (χ4n) is 2.54. The largest absolute Gasteiger partial charge is 0.342 e. The first-order valence-electron chi connectivity index (χ1n) is 6.90. The van der Waals surface area contributed by atoms with Gasteiger partial charge in [0.1, 0.15) is 5.15 Å². The average Bonchev–Trinajstić information content (AvgIpc) is 2.40. The maximum atomic E-state index is 12.4. The van der Waals surface area contributed by atoms with Crippen molar-refractivity contribution in [1.82, 2.24) is 9.88 Å². The monoisotopic (exact) mass is 314 g/mol. The zero-order valence-corrected chi connectivity index (χ0v) is 13.6. The van der Waals surface area contributed by atoms with Crippen LogP contribution in [0.4, 0.5) is 0 Å². The summed E-state index contributed by atoms with van der Waals surface area (Å²) in [5.41, 5.74) is 0.582. The lowest BCUT2D eigenvalue weighted by Gasteiger charge is -2.36. The third-order valence-electron chi connectivity index (χ3n) is 3.59. The van der Waals surface area contributed by atoms with E-state index in [9.17, 15) is 4.79 Å². The van der Waals surface area contributed by atoms with Crippen molar-refractivity contribution in [2.24, 2.45) is 5.41 Å². The van der Waals surface area contributed by atoms with Gasteiger partial charge in [-0.15, -0.1) is 0 Å². The molecule has 1 aliphatic heterocycles. The number of hydrogen-bond acceptors (Lipinski definition) is 2. The molecular weight excluding hydrogens is 295 g/mol. The van der Waals surface area contributed by atoms with Crippen LogP contribution in [0, 0.1) is 5.41 Å². The number of nitrogens with zero attached hydrogens (tertiary/aromatic N) is 2. The second-order valence-corrected chi connectivity index (χ2v) is 7.11. The molecular formula is C15H20Cl2N2O. The molecule has 0 aromatic carbocycles. The van der Waals surface area contributed by atoms with Gasteiger partial charge in [0, 0.05) is 30.1 Å². The molecule has 1 amide bonds. The van der Waals surface area contributed by atoms with Crippen molar-refractivity contribution in [2.75, 3.05) is 13.1 Å². The Morgan fingerprint density at radius 2 is 2.05 bits per heavy atom. The second kappa shape index (κ2) is 5.90. The number of pyridine rings is 1. The number of amides is 1. The maximum Gasteiger partial charge on any atom is 0.227 e. The molecule has 1 unspecified atom stereocenters. The Balaban J connectivity index is 2.14. The second-order valence-electron chi connectivity index (χ2n) is 6.35. The average molecular weight is 315 g/mol.